The summed E-state index contributed by atoms with van der Waals surface area (Å²) < 4.78 is 39.2. The lowest BCUT2D eigenvalue weighted by molar-refractivity contribution is -0.136. The van der Waals surface area contributed by atoms with Crippen LogP contribution in [0.2, 0.25) is 0 Å². The fraction of sp³-hybridized carbons (Fsp3) is 0.100. The molecular weight excluding hydrogens is 351 g/mol. The minimum Gasteiger partial charge on any atom is -0.254 e. The zero-order valence-corrected chi connectivity index (χ0v) is 10.8. The molecule has 0 fully saturated rings. The summed E-state index contributed by atoms with van der Waals surface area (Å²) >= 11 is 6.43. The highest BCUT2D eigenvalue weighted by atomic mass is 79.9. The van der Waals surface area contributed by atoms with Crippen molar-refractivity contribution < 1.29 is 13.2 Å². The standard InChI is InChI=1S/C10H4Br2F3N/c11-7-4-16-9-5(8(7)12)2-1-3-6(9)10(13,14)15/h1-4H. The van der Waals surface area contributed by atoms with Gasteiger partial charge in [-0.2, -0.15) is 13.2 Å². The largest absolute Gasteiger partial charge is 0.418 e. The van der Waals surface area contributed by atoms with Gasteiger partial charge in [-0.1, -0.05) is 12.1 Å². The van der Waals surface area contributed by atoms with Gasteiger partial charge in [-0.25, -0.2) is 0 Å². The van der Waals surface area contributed by atoms with E-state index in [9.17, 15) is 13.2 Å². The van der Waals surface area contributed by atoms with Gasteiger partial charge in [0.15, 0.2) is 0 Å². The molecule has 1 nitrogen and oxygen atoms in total. The summed E-state index contributed by atoms with van der Waals surface area (Å²) in [6.07, 6.45) is -3.04. The molecule has 0 atom stereocenters. The van der Waals surface area contributed by atoms with E-state index in [1.54, 1.807) is 6.07 Å². The summed E-state index contributed by atoms with van der Waals surface area (Å²) in [4.78, 5) is 3.81. The lowest BCUT2D eigenvalue weighted by Gasteiger charge is -2.10. The fourth-order valence-corrected chi connectivity index (χ4v) is 2.13. The number of rotatable bonds is 0. The molecule has 0 unspecified atom stereocenters. The average molecular weight is 355 g/mol. The third kappa shape index (κ3) is 1.96. The lowest BCUT2D eigenvalue weighted by Crippen LogP contribution is -2.06. The highest BCUT2D eigenvalue weighted by Crippen LogP contribution is 2.37. The molecule has 0 N–H and O–H groups in total. The summed E-state index contributed by atoms with van der Waals surface area (Å²) in [5.74, 6) is 0. The summed E-state index contributed by atoms with van der Waals surface area (Å²) in [5, 5.41) is 0.434. The van der Waals surface area contributed by atoms with E-state index in [4.69, 9.17) is 0 Å². The molecule has 1 aromatic heterocycles. The van der Waals surface area contributed by atoms with Crippen molar-refractivity contribution in [3.8, 4) is 0 Å². The molecule has 0 saturated carbocycles. The number of hydrogen-bond donors (Lipinski definition) is 0. The lowest BCUT2D eigenvalue weighted by atomic mass is 10.1. The smallest absolute Gasteiger partial charge is 0.254 e. The molecule has 0 aliphatic carbocycles. The van der Waals surface area contributed by atoms with Gasteiger partial charge in [0, 0.05) is 16.1 Å². The SMILES string of the molecule is FC(F)(F)c1cccc2c(Br)c(Br)cnc12. The molecule has 2 rings (SSSR count). The van der Waals surface area contributed by atoms with E-state index < -0.39 is 11.7 Å². The normalized spacial score (nSPS) is 12.1. The number of halogens is 5. The van der Waals surface area contributed by atoms with Gasteiger partial charge >= 0.3 is 6.18 Å². The number of pyridine rings is 1. The topological polar surface area (TPSA) is 12.9 Å². The summed E-state index contributed by atoms with van der Waals surface area (Å²) in [5.41, 5.74) is -0.775. The highest BCUT2D eigenvalue weighted by molar-refractivity contribution is 9.13. The second-order valence-electron chi connectivity index (χ2n) is 3.12. The van der Waals surface area contributed by atoms with Gasteiger partial charge in [-0.05, 0) is 37.9 Å². The number of alkyl halides is 3. The van der Waals surface area contributed by atoms with Crippen LogP contribution in [0.3, 0.4) is 0 Å². The van der Waals surface area contributed by atoms with E-state index in [2.05, 4.69) is 36.8 Å². The molecule has 0 bridgehead atoms. The first-order chi connectivity index (χ1) is 7.41. The number of benzene rings is 1. The Balaban J connectivity index is 2.85. The highest BCUT2D eigenvalue weighted by Gasteiger charge is 2.33. The predicted molar refractivity (Wildman–Crippen MR) is 62.1 cm³/mol. The number of para-hydroxylation sites is 1. The zero-order chi connectivity index (χ0) is 11.9. The molecule has 0 saturated heterocycles. The number of aromatic nitrogens is 1. The Morgan fingerprint density at radius 1 is 1.12 bits per heavy atom. The van der Waals surface area contributed by atoms with Crippen LogP contribution in [0.5, 0.6) is 0 Å². The summed E-state index contributed by atoms with van der Waals surface area (Å²) in [7, 11) is 0. The molecule has 6 heteroatoms. The Hall–Kier alpha value is -0.620. The Bertz CT molecular complexity index is 551. The molecule has 1 heterocycles. The minimum absolute atomic E-state index is 0.0509. The van der Waals surface area contributed by atoms with Crippen LogP contribution in [-0.2, 0) is 6.18 Å². The van der Waals surface area contributed by atoms with Crippen molar-refractivity contribution in [2.45, 2.75) is 6.18 Å². The molecule has 2 aromatic rings. The van der Waals surface area contributed by atoms with E-state index in [0.717, 1.165) is 6.07 Å². The molecular formula is C10H4Br2F3N. The molecule has 0 aliphatic rings. The molecule has 0 amide bonds. The molecule has 16 heavy (non-hydrogen) atoms. The average Bonchev–Trinajstić information content (AvgIpc) is 2.21. The van der Waals surface area contributed by atoms with Crippen LogP contribution in [0.25, 0.3) is 10.9 Å². The fourth-order valence-electron chi connectivity index (χ4n) is 1.40. The monoisotopic (exact) mass is 353 g/mol. The first kappa shape index (κ1) is 11.9. The van der Waals surface area contributed by atoms with Gasteiger partial charge in [0.25, 0.3) is 0 Å². The quantitative estimate of drug-likeness (QED) is 0.663. The number of hydrogen-bond acceptors (Lipinski definition) is 1. The van der Waals surface area contributed by atoms with Crippen LogP contribution >= 0.6 is 31.9 Å². The molecule has 84 valence electrons. The van der Waals surface area contributed by atoms with Crippen LogP contribution in [0.1, 0.15) is 5.56 Å². The maximum atomic E-state index is 12.7. The van der Waals surface area contributed by atoms with Crippen LogP contribution in [0.15, 0.2) is 33.3 Å². The molecule has 0 radical (unpaired) electrons. The zero-order valence-electron chi connectivity index (χ0n) is 7.65. The summed E-state index contributed by atoms with van der Waals surface area (Å²) in [6, 6.07) is 3.98. The maximum absolute atomic E-state index is 12.7. The molecule has 0 spiro atoms. The van der Waals surface area contributed by atoms with Crippen molar-refractivity contribution in [2.75, 3.05) is 0 Å². The van der Waals surface area contributed by atoms with Gasteiger partial charge in [-0.3, -0.25) is 4.98 Å². The van der Waals surface area contributed by atoms with Crippen molar-refractivity contribution in [1.82, 2.24) is 4.98 Å². The van der Waals surface area contributed by atoms with Crippen LogP contribution in [0, 0.1) is 0 Å². The van der Waals surface area contributed by atoms with Crippen LogP contribution < -0.4 is 0 Å². The maximum Gasteiger partial charge on any atom is 0.418 e. The van der Waals surface area contributed by atoms with Crippen LogP contribution in [-0.4, -0.2) is 4.98 Å². The third-order valence-electron chi connectivity index (χ3n) is 2.09. The first-order valence-corrected chi connectivity index (χ1v) is 5.80. The first-order valence-electron chi connectivity index (χ1n) is 4.21. The Morgan fingerprint density at radius 3 is 2.44 bits per heavy atom. The van der Waals surface area contributed by atoms with E-state index in [1.165, 1.54) is 12.3 Å². The van der Waals surface area contributed by atoms with Gasteiger partial charge in [0.1, 0.15) is 0 Å². The van der Waals surface area contributed by atoms with Crippen LogP contribution in [0.4, 0.5) is 13.2 Å². The summed E-state index contributed by atoms with van der Waals surface area (Å²) in [6.45, 7) is 0. The van der Waals surface area contributed by atoms with E-state index in [-0.39, 0.29) is 5.52 Å². The van der Waals surface area contributed by atoms with Gasteiger partial charge < -0.3 is 0 Å². The van der Waals surface area contributed by atoms with Crippen molar-refractivity contribution in [1.29, 1.82) is 0 Å². The molecule has 0 aliphatic heterocycles. The van der Waals surface area contributed by atoms with E-state index in [0.29, 0.717) is 14.3 Å². The van der Waals surface area contributed by atoms with Gasteiger partial charge in [-0.15, -0.1) is 0 Å². The van der Waals surface area contributed by atoms with E-state index in [1.807, 2.05) is 0 Å². The Kier molecular flexibility index (Phi) is 2.96. The second-order valence-corrected chi connectivity index (χ2v) is 4.77. The minimum atomic E-state index is -4.39. The third-order valence-corrected chi connectivity index (χ3v) is 4.08. The van der Waals surface area contributed by atoms with Crippen molar-refractivity contribution >= 4 is 42.8 Å². The van der Waals surface area contributed by atoms with Crippen molar-refractivity contribution in [2.24, 2.45) is 0 Å². The number of nitrogens with zero attached hydrogens (tertiary/aromatic N) is 1. The van der Waals surface area contributed by atoms with Crippen molar-refractivity contribution in [3.63, 3.8) is 0 Å². The van der Waals surface area contributed by atoms with E-state index >= 15 is 0 Å². The molecule has 1 aromatic carbocycles. The van der Waals surface area contributed by atoms with Crippen molar-refractivity contribution in [3.05, 3.63) is 38.9 Å². The Morgan fingerprint density at radius 2 is 1.81 bits per heavy atom. The van der Waals surface area contributed by atoms with Gasteiger partial charge in [0.05, 0.1) is 15.6 Å². The number of fused-ring (bicyclic) bond motifs is 1. The van der Waals surface area contributed by atoms with Gasteiger partial charge in [0.2, 0.25) is 0 Å². The predicted octanol–water partition coefficient (Wildman–Crippen LogP) is 4.78. The second kappa shape index (κ2) is 4.00. The Labute approximate surface area is 106 Å².